The molecule has 4 atom stereocenters. The van der Waals surface area contributed by atoms with Crippen LogP contribution in [0.5, 0.6) is 5.75 Å². The first-order chi connectivity index (χ1) is 18.5. The van der Waals surface area contributed by atoms with Crippen molar-refractivity contribution >= 4 is 41.4 Å². The number of carbonyl (C=O) groups excluding carboxylic acids is 4. The normalized spacial score (nSPS) is 13.9. The van der Waals surface area contributed by atoms with E-state index < -0.39 is 60.2 Å². The quantitative estimate of drug-likeness (QED) is 0.116. The van der Waals surface area contributed by atoms with Gasteiger partial charge in [0.15, 0.2) is 0 Å². The predicted octanol–water partition coefficient (Wildman–Crippen LogP) is -1.60. The van der Waals surface area contributed by atoms with Crippen molar-refractivity contribution in [2.75, 3.05) is 12.0 Å². The third-order valence-corrected chi connectivity index (χ3v) is 6.25. The number of carboxylic acids is 1. The topological polar surface area (TPSA) is 243 Å². The fourth-order valence-electron chi connectivity index (χ4n) is 3.53. The van der Waals surface area contributed by atoms with Gasteiger partial charge >= 0.3 is 5.97 Å². The molecule has 0 aliphatic carbocycles. The molecule has 0 radical (unpaired) electrons. The number of H-pyrrole nitrogens is 1. The lowest BCUT2D eigenvalue weighted by atomic mass is 10.0. The third kappa shape index (κ3) is 10.6. The Morgan fingerprint density at radius 1 is 0.974 bits per heavy atom. The molecule has 2 rings (SSSR count). The second kappa shape index (κ2) is 15.3. The fourth-order valence-corrected chi connectivity index (χ4v) is 4.00. The zero-order chi connectivity index (χ0) is 28.9. The van der Waals surface area contributed by atoms with E-state index in [1.807, 2.05) is 6.26 Å². The van der Waals surface area contributed by atoms with Crippen LogP contribution in [-0.4, -0.2) is 86.0 Å². The number of phenolic OH excluding ortho intramolecular Hbond substituents is 1. The number of rotatable bonds is 16. The summed E-state index contributed by atoms with van der Waals surface area (Å²) in [4.78, 5) is 68.6. The number of hydrogen-bond acceptors (Lipinski definition) is 9. The molecule has 0 fully saturated rings. The van der Waals surface area contributed by atoms with Crippen LogP contribution in [0, 0.1) is 0 Å². The number of aliphatic carboxylic acids is 1. The van der Waals surface area contributed by atoms with Crippen LogP contribution in [0.25, 0.3) is 0 Å². The highest BCUT2D eigenvalue weighted by atomic mass is 32.2. The summed E-state index contributed by atoms with van der Waals surface area (Å²) in [5.41, 5.74) is 11.9. The van der Waals surface area contributed by atoms with Gasteiger partial charge in [-0.25, -0.2) is 9.78 Å². The first kappa shape index (κ1) is 31.1. The van der Waals surface area contributed by atoms with Crippen molar-refractivity contribution in [3.8, 4) is 5.75 Å². The minimum Gasteiger partial charge on any atom is -0.508 e. The van der Waals surface area contributed by atoms with Crippen molar-refractivity contribution in [2.24, 2.45) is 11.5 Å². The van der Waals surface area contributed by atoms with Crippen molar-refractivity contribution in [1.82, 2.24) is 25.9 Å². The van der Waals surface area contributed by atoms with E-state index in [-0.39, 0.29) is 25.0 Å². The second-order valence-electron chi connectivity index (χ2n) is 8.73. The Morgan fingerprint density at radius 2 is 1.59 bits per heavy atom. The lowest BCUT2D eigenvalue weighted by molar-refractivity contribution is -0.142. The molecule has 2 aromatic rings. The minimum absolute atomic E-state index is 0.00387. The Morgan fingerprint density at radius 3 is 2.15 bits per heavy atom. The Kier molecular flexibility index (Phi) is 12.2. The molecule has 4 unspecified atom stereocenters. The van der Waals surface area contributed by atoms with Crippen molar-refractivity contribution in [1.29, 1.82) is 0 Å². The van der Waals surface area contributed by atoms with Crippen LogP contribution in [0.15, 0.2) is 36.8 Å². The standard InChI is InChI=1S/C24H33N7O7S/c1-39-7-6-17(22(35)31-19(24(37)38)9-14-11-27-12-28-14)29-23(36)18(8-13-2-4-15(32)5-3-13)30-21(34)16(25)10-20(26)33/h2-5,11-12,16-19,32H,6-10,25H2,1H3,(H2,26,33)(H,27,28)(H,29,36)(H,30,34)(H,31,35)(H,37,38). The summed E-state index contributed by atoms with van der Waals surface area (Å²) in [6.07, 6.45) is 4.28. The number of amides is 4. The van der Waals surface area contributed by atoms with E-state index in [2.05, 4.69) is 25.9 Å². The van der Waals surface area contributed by atoms with E-state index in [9.17, 15) is 34.2 Å². The van der Waals surface area contributed by atoms with E-state index >= 15 is 0 Å². The lowest BCUT2D eigenvalue weighted by Crippen LogP contribution is -2.58. The molecule has 0 saturated heterocycles. The smallest absolute Gasteiger partial charge is 0.326 e. The van der Waals surface area contributed by atoms with Crippen molar-refractivity contribution in [3.05, 3.63) is 48.0 Å². The number of aromatic amines is 1. The third-order valence-electron chi connectivity index (χ3n) is 5.60. The zero-order valence-electron chi connectivity index (χ0n) is 21.3. The molecule has 0 spiro atoms. The number of nitrogens with zero attached hydrogens (tertiary/aromatic N) is 1. The highest BCUT2D eigenvalue weighted by Gasteiger charge is 2.31. The molecular formula is C24H33N7O7S. The van der Waals surface area contributed by atoms with Crippen molar-refractivity contribution in [3.63, 3.8) is 0 Å². The molecular weight excluding hydrogens is 530 g/mol. The maximum absolute atomic E-state index is 13.3. The van der Waals surface area contributed by atoms with Crippen LogP contribution < -0.4 is 27.4 Å². The molecule has 0 aliphatic rings. The number of thioether (sulfide) groups is 1. The molecule has 10 N–H and O–H groups in total. The molecule has 0 saturated carbocycles. The summed E-state index contributed by atoms with van der Waals surface area (Å²) < 4.78 is 0. The maximum atomic E-state index is 13.3. The number of nitrogens with two attached hydrogens (primary N) is 2. The van der Waals surface area contributed by atoms with Gasteiger partial charge < -0.3 is 42.6 Å². The van der Waals surface area contributed by atoms with Crippen molar-refractivity contribution in [2.45, 2.75) is 49.9 Å². The molecule has 0 aliphatic heterocycles. The number of primary amides is 1. The summed E-state index contributed by atoms with van der Waals surface area (Å²) >= 11 is 1.42. The lowest BCUT2D eigenvalue weighted by Gasteiger charge is -2.25. The Labute approximate surface area is 228 Å². The monoisotopic (exact) mass is 563 g/mol. The van der Waals surface area contributed by atoms with Crippen LogP contribution in [0.1, 0.15) is 24.1 Å². The first-order valence-corrected chi connectivity index (χ1v) is 13.3. The molecule has 4 amide bonds. The van der Waals surface area contributed by atoms with Crippen molar-refractivity contribution < 1.29 is 34.2 Å². The molecule has 1 aromatic carbocycles. The first-order valence-electron chi connectivity index (χ1n) is 11.9. The Balaban J connectivity index is 2.21. The van der Waals surface area contributed by atoms with Gasteiger partial charge in [-0.3, -0.25) is 19.2 Å². The average molecular weight is 564 g/mol. The van der Waals surface area contributed by atoms with Crippen LogP contribution in [0.3, 0.4) is 0 Å². The second-order valence-corrected chi connectivity index (χ2v) is 9.72. The summed E-state index contributed by atoms with van der Waals surface area (Å²) in [5.74, 6) is -3.85. The number of nitrogens with one attached hydrogen (secondary N) is 4. The molecule has 212 valence electrons. The highest BCUT2D eigenvalue weighted by molar-refractivity contribution is 7.98. The van der Waals surface area contributed by atoms with Crippen LogP contribution in [0.2, 0.25) is 0 Å². The molecule has 1 aromatic heterocycles. The number of aromatic hydroxyl groups is 1. The number of benzene rings is 1. The molecule has 0 bridgehead atoms. The molecule has 39 heavy (non-hydrogen) atoms. The van der Waals surface area contributed by atoms with Gasteiger partial charge in [0.25, 0.3) is 0 Å². The van der Waals surface area contributed by atoms with Crippen LogP contribution in [0.4, 0.5) is 0 Å². The number of carboxylic acid groups (broad SMARTS) is 1. The van der Waals surface area contributed by atoms with Gasteiger partial charge in [0.2, 0.25) is 23.6 Å². The largest absolute Gasteiger partial charge is 0.508 e. The minimum atomic E-state index is -1.30. The van der Waals surface area contributed by atoms with E-state index in [0.29, 0.717) is 17.0 Å². The molecule has 1 heterocycles. The predicted molar refractivity (Wildman–Crippen MR) is 142 cm³/mol. The average Bonchev–Trinajstić information content (AvgIpc) is 3.39. The SMILES string of the molecule is CSCCC(NC(=O)C(Cc1ccc(O)cc1)NC(=O)C(N)CC(N)=O)C(=O)NC(Cc1cnc[nH]1)C(=O)O. The van der Waals surface area contributed by atoms with Gasteiger partial charge in [-0.05, 0) is 36.1 Å². The van der Waals surface area contributed by atoms with Gasteiger partial charge in [0.1, 0.15) is 23.9 Å². The molecule has 15 heteroatoms. The van der Waals surface area contributed by atoms with E-state index in [0.717, 1.165) is 0 Å². The van der Waals surface area contributed by atoms with Gasteiger partial charge in [-0.15, -0.1) is 0 Å². The summed E-state index contributed by atoms with van der Waals surface area (Å²) in [6, 6.07) is 0.999. The Bertz CT molecular complexity index is 1130. The number of phenols is 1. The van der Waals surface area contributed by atoms with Gasteiger partial charge in [0.05, 0.1) is 18.8 Å². The number of aromatic nitrogens is 2. The van der Waals surface area contributed by atoms with Gasteiger partial charge in [-0.1, -0.05) is 12.1 Å². The zero-order valence-corrected chi connectivity index (χ0v) is 22.1. The van der Waals surface area contributed by atoms with Gasteiger partial charge in [0, 0.05) is 24.7 Å². The van der Waals surface area contributed by atoms with Crippen LogP contribution >= 0.6 is 11.8 Å². The number of imidazole rings is 1. The fraction of sp³-hybridized carbons (Fsp3) is 0.417. The summed E-state index contributed by atoms with van der Waals surface area (Å²) in [7, 11) is 0. The maximum Gasteiger partial charge on any atom is 0.326 e. The summed E-state index contributed by atoms with van der Waals surface area (Å²) in [6.45, 7) is 0. The van der Waals surface area contributed by atoms with E-state index in [1.165, 1.54) is 36.4 Å². The van der Waals surface area contributed by atoms with Crippen LogP contribution in [-0.2, 0) is 36.8 Å². The molecule has 14 nitrogen and oxygen atoms in total. The number of carbonyl (C=O) groups is 5. The van der Waals surface area contributed by atoms with E-state index in [1.54, 1.807) is 12.1 Å². The highest BCUT2D eigenvalue weighted by Crippen LogP contribution is 2.12. The van der Waals surface area contributed by atoms with E-state index in [4.69, 9.17) is 11.5 Å². The number of hydrogen-bond donors (Lipinski definition) is 8. The Hall–Kier alpha value is -4.11. The van der Waals surface area contributed by atoms with Gasteiger partial charge in [-0.2, -0.15) is 11.8 Å². The summed E-state index contributed by atoms with van der Waals surface area (Å²) in [5, 5.41) is 26.7.